The van der Waals surface area contributed by atoms with Crippen LogP contribution in [0.2, 0.25) is 10.0 Å². The summed E-state index contributed by atoms with van der Waals surface area (Å²) in [4.78, 5) is 27.9. The van der Waals surface area contributed by atoms with E-state index in [0.717, 1.165) is 33.7 Å². The monoisotopic (exact) mass is 552 g/mol. The van der Waals surface area contributed by atoms with Crippen molar-refractivity contribution in [1.82, 2.24) is 9.80 Å². The van der Waals surface area contributed by atoms with Crippen LogP contribution in [0.1, 0.15) is 27.7 Å². The molecule has 2 amide bonds. The summed E-state index contributed by atoms with van der Waals surface area (Å²) >= 11 is 12.3. The molecular formula is C22H24Cl2F2N2O4S2. The van der Waals surface area contributed by atoms with Gasteiger partial charge in [0.15, 0.2) is 23.1 Å². The first kappa shape index (κ1) is 28.4. The van der Waals surface area contributed by atoms with Gasteiger partial charge in [0.2, 0.25) is 0 Å². The van der Waals surface area contributed by atoms with Crippen LogP contribution in [0, 0.1) is 11.6 Å². The summed E-state index contributed by atoms with van der Waals surface area (Å²) in [5.41, 5.74) is 0. The van der Waals surface area contributed by atoms with E-state index in [1.54, 1.807) is 27.7 Å². The first-order valence-electron chi connectivity index (χ1n) is 10.4. The van der Waals surface area contributed by atoms with E-state index in [9.17, 15) is 18.4 Å². The quantitative estimate of drug-likeness (QED) is 0.296. The van der Waals surface area contributed by atoms with Crippen molar-refractivity contribution < 1.29 is 27.8 Å². The number of nitrogens with zero attached hydrogens (tertiary/aromatic N) is 2. The Morgan fingerprint density at radius 2 is 1.06 bits per heavy atom. The van der Waals surface area contributed by atoms with Crippen molar-refractivity contribution in [2.24, 2.45) is 0 Å². The van der Waals surface area contributed by atoms with Crippen molar-refractivity contribution in [3.05, 3.63) is 45.9 Å². The molecule has 2 aromatic rings. The number of carbonyl (C=O) groups is 2. The summed E-state index contributed by atoms with van der Waals surface area (Å²) in [6.07, 6.45) is -1.37. The van der Waals surface area contributed by atoms with Crippen LogP contribution >= 0.6 is 44.8 Å². The van der Waals surface area contributed by atoms with Gasteiger partial charge in [0.05, 0.1) is 10.0 Å². The molecule has 0 N–H and O–H groups in total. The predicted molar refractivity (Wildman–Crippen MR) is 132 cm³/mol. The minimum Gasteiger partial charge on any atom is -0.407 e. The van der Waals surface area contributed by atoms with Crippen LogP contribution in [0.15, 0.2) is 34.1 Å². The Bertz CT molecular complexity index is 957. The van der Waals surface area contributed by atoms with Crippen molar-refractivity contribution in [3.63, 3.8) is 0 Å². The van der Waals surface area contributed by atoms with Gasteiger partial charge >= 0.3 is 12.2 Å². The molecule has 186 valence electrons. The fourth-order valence-electron chi connectivity index (χ4n) is 2.68. The van der Waals surface area contributed by atoms with Crippen LogP contribution in [-0.2, 0) is 0 Å². The molecule has 0 heterocycles. The zero-order chi connectivity index (χ0) is 25.4. The van der Waals surface area contributed by atoms with Gasteiger partial charge in [0.25, 0.3) is 0 Å². The summed E-state index contributed by atoms with van der Waals surface area (Å²) < 4.78 is 39.0. The van der Waals surface area contributed by atoms with E-state index in [0.29, 0.717) is 36.0 Å². The molecule has 2 rings (SSSR count). The molecule has 0 radical (unpaired) electrons. The van der Waals surface area contributed by atoms with Gasteiger partial charge in [-0.1, -0.05) is 44.8 Å². The summed E-state index contributed by atoms with van der Waals surface area (Å²) in [5, 5.41) is 0.174. The molecule has 2 aromatic carbocycles. The number of hydrogen-bond acceptors (Lipinski definition) is 6. The number of carbonyl (C=O) groups excluding carboxylic acids is 2. The van der Waals surface area contributed by atoms with Gasteiger partial charge in [-0.3, -0.25) is 0 Å². The van der Waals surface area contributed by atoms with Crippen LogP contribution in [-0.4, -0.2) is 48.2 Å². The normalized spacial score (nSPS) is 10.7. The zero-order valence-electron chi connectivity index (χ0n) is 19.0. The molecule has 0 spiro atoms. The van der Waals surface area contributed by atoms with E-state index in [2.05, 4.69) is 0 Å². The average Bonchev–Trinajstić information content (AvgIpc) is 2.79. The molecule has 0 aromatic heterocycles. The maximum absolute atomic E-state index is 14.3. The fraction of sp³-hybridized carbons (Fsp3) is 0.364. The van der Waals surface area contributed by atoms with Crippen LogP contribution in [0.5, 0.6) is 11.5 Å². The second-order valence-electron chi connectivity index (χ2n) is 6.67. The maximum Gasteiger partial charge on any atom is 0.415 e. The van der Waals surface area contributed by atoms with Gasteiger partial charge in [-0.2, -0.15) is 0 Å². The van der Waals surface area contributed by atoms with Gasteiger partial charge in [0, 0.05) is 48.1 Å². The molecule has 0 atom stereocenters. The van der Waals surface area contributed by atoms with Crippen molar-refractivity contribution >= 4 is 57.0 Å². The highest BCUT2D eigenvalue weighted by Crippen LogP contribution is 2.46. The van der Waals surface area contributed by atoms with Crippen molar-refractivity contribution in [3.8, 4) is 11.5 Å². The van der Waals surface area contributed by atoms with Gasteiger partial charge in [0.1, 0.15) is 0 Å². The van der Waals surface area contributed by atoms with Crippen LogP contribution in [0.4, 0.5) is 18.4 Å². The van der Waals surface area contributed by atoms with Crippen LogP contribution in [0.25, 0.3) is 0 Å². The van der Waals surface area contributed by atoms with Crippen LogP contribution in [0.3, 0.4) is 0 Å². The molecular weight excluding hydrogens is 529 g/mol. The number of amides is 2. The van der Waals surface area contributed by atoms with E-state index in [1.807, 2.05) is 0 Å². The first-order valence-corrected chi connectivity index (χ1v) is 13.3. The number of rotatable bonds is 9. The Hall–Kier alpha value is -1.88. The Labute approximate surface area is 215 Å². The minimum atomic E-state index is -0.787. The topological polar surface area (TPSA) is 59.1 Å². The van der Waals surface area contributed by atoms with E-state index in [4.69, 9.17) is 32.7 Å². The highest BCUT2D eigenvalue weighted by Gasteiger charge is 2.20. The molecule has 0 aliphatic carbocycles. The number of ether oxygens (including phenoxy) is 2. The van der Waals surface area contributed by atoms with E-state index in [-0.39, 0.29) is 21.5 Å². The van der Waals surface area contributed by atoms with E-state index in [1.165, 1.54) is 21.9 Å². The van der Waals surface area contributed by atoms with Crippen LogP contribution < -0.4 is 9.47 Å². The Balaban J connectivity index is 2.22. The van der Waals surface area contributed by atoms with Crippen molar-refractivity contribution in [2.75, 3.05) is 26.2 Å². The highest BCUT2D eigenvalue weighted by molar-refractivity contribution is 8.76. The van der Waals surface area contributed by atoms with Crippen molar-refractivity contribution in [2.45, 2.75) is 37.5 Å². The minimum absolute atomic E-state index is 0.0871. The van der Waals surface area contributed by atoms with E-state index < -0.39 is 23.8 Å². The average molecular weight is 553 g/mol. The highest BCUT2D eigenvalue weighted by atomic mass is 35.5. The second kappa shape index (κ2) is 13.3. The Morgan fingerprint density at radius 3 is 1.35 bits per heavy atom. The second-order valence-corrected chi connectivity index (χ2v) is 9.70. The summed E-state index contributed by atoms with van der Waals surface area (Å²) in [6, 6.07) is 4.68. The molecule has 0 bridgehead atoms. The molecule has 0 saturated heterocycles. The predicted octanol–water partition coefficient (Wildman–Crippen LogP) is 7.75. The number of hydrogen-bond donors (Lipinski definition) is 0. The number of benzene rings is 2. The number of halogens is 4. The summed E-state index contributed by atoms with van der Waals surface area (Å²) in [7, 11) is 2.18. The lowest BCUT2D eigenvalue weighted by Gasteiger charge is -2.19. The Morgan fingerprint density at radius 1 is 0.735 bits per heavy atom. The Kier molecular flexibility index (Phi) is 11.1. The third-order valence-electron chi connectivity index (χ3n) is 4.63. The zero-order valence-corrected chi connectivity index (χ0v) is 22.1. The lowest BCUT2D eigenvalue weighted by molar-refractivity contribution is 0.154. The molecule has 6 nitrogen and oxygen atoms in total. The van der Waals surface area contributed by atoms with E-state index >= 15 is 0 Å². The molecule has 0 fully saturated rings. The van der Waals surface area contributed by atoms with Gasteiger partial charge < -0.3 is 19.3 Å². The molecule has 0 unspecified atom stereocenters. The van der Waals surface area contributed by atoms with Crippen molar-refractivity contribution in [1.29, 1.82) is 0 Å². The van der Waals surface area contributed by atoms with Gasteiger partial charge in [-0.05, 0) is 39.8 Å². The smallest absolute Gasteiger partial charge is 0.407 e. The molecule has 34 heavy (non-hydrogen) atoms. The molecule has 0 saturated carbocycles. The largest absolute Gasteiger partial charge is 0.415 e. The molecule has 12 heteroatoms. The summed E-state index contributed by atoms with van der Waals surface area (Å²) in [5.74, 6) is -2.12. The summed E-state index contributed by atoms with van der Waals surface area (Å²) in [6.45, 7) is 8.75. The molecule has 0 aliphatic rings. The maximum atomic E-state index is 14.3. The first-order chi connectivity index (χ1) is 16.1. The SMILES string of the molecule is CCN(CC)C(=O)Oc1cc(SSc2cc(OC(=O)N(CC)CC)c(F)cc2Cl)c(Cl)cc1F. The molecule has 0 aliphatic heterocycles. The standard InChI is InChI=1S/C22H24Cl2F2N2O4S2/c1-5-27(6-2)21(29)31-17-11-19(13(23)9-15(17)25)33-34-20-12-18(16(26)10-14(20)24)32-22(30)28(7-3)8-4/h9-12H,5-8H2,1-4H3. The van der Waals surface area contributed by atoms with Gasteiger partial charge in [-0.25, -0.2) is 18.4 Å². The lowest BCUT2D eigenvalue weighted by Crippen LogP contribution is -2.33. The fourth-order valence-corrected chi connectivity index (χ4v) is 5.62. The third-order valence-corrected chi connectivity index (χ3v) is 7.93. The van der Waals surface area contributed by atoms with Gasteiger partial charge in [-0.15, -0.1) is 0 Å². The third kappa shape index (κ3) is 7.31. The lowest BCUT2D eigenvalue weighted by atomic mass is 10.3.